The van der Waals surface area contributed by atoms with Crippen molar-refractivity contribution in [3.05, 3.63) is 47.1 Å². The molecule has 0 unspecified atom stereocenters. The Morgan fingerprint density at radius 1 is 0.952 bits per heavy atom. The van der Waals surface area contributed by atoms with Crippen LogP contribution in [0.2, 0.25) is 0 Å². The summed E-state index contributed by atoms with van der Waals surface area (Å²) in [5, 5.41) is 0. The highest BCUT2D eigenvalue weighted by Crippen LogP contribution is 2.22. The van der Waals surface area contributed by atoms with Crippen molar-refractivity contribution in [1.82, 2.24) is 4.98 Å². The Labute approximate surface area is 133 Å². The molecule has 1 aliphatic heterocycles. The van der Waals surface area contributed by atoms with Crippen molar-refractivity contribution in [2.75, 3.05) is 43.1 Å². The number of rotatable bonds is 3. The Balaban J connectivity index is 1.62. The van der Waals surface area contributed by atoms with Gasteiger partial charge in [-0.1, -0.05) is 0 Å². The zero-order valence-corrected chi connectivity index (χ0v) is 13.6. The molecule has 0 saturated carbocycles. The van der Waals surface area contributed by atoms with Crippen LogP contribution in [-0.2, 0) is 0 Å². The second kappa shape index (κ2) is 6.35. The second-order valence-corrected chi connectivity index (χ2v) is 5.92. The molecule has 0 spiro atoms. The van der Waals surface area contributed by atoms with E-state index in [9.17, 15) is 0 Å². The topological polar surface area (TPSA) is 28.6 Å². The predicted molar refractivity (Wildman–Crippen MR) is 89.4 cm³/mol. The molecule has 0 bridgehead atoms. The smallest absolute Gasteiger partial charge is 0.128 e. The van der Waals surface area contributed by atoms with Gasteiger partial charge in [0.2, 0.25) is 0 Å². The number of ether oxygens (including phenoxy) is 1. The number of benzene rings is 1. The molecule has 2 heterocycles. The first-order valence-corrected chi connectivity index (χ1v) is 7.81. The van der Waals surface area contributed by atoms with Crippen LogP contribution < -0.4 is 14.5 Å². The van der Waals surface area contributed by atoms with Gasteiger partial charge in [-0.05, 0) is 52.3 Å². The van der Waals surface area contributed by atoms with Gasteiger partial charge >= 0.3 is 0 Å². The van der Waals surface area contributed by atoms with Gasteiger partial charge in [-0.15, -0.1) is 0 Å². The number of nitrogens with zero attached hydrogens (tertiary/aromatic N) is 3. The number of aromatic nitrogens is 1. The molecule has 1 aromatic carbocycles. The molecular weight excluding hydrogens is 330 g/mol. The predicted octanol–water partition coefficient (Wildman–Crippen LogP) is 3.18. The lowest BCUT2D eigenvalue weighted by Crippen LogP contribution is -2.46. The fourth-order valence-corrected chi connectivity index (χ4v) is 2.78. The molecule has 1 fully saturated rings. The molecule has 1 aliphatic rings. The van der Waals surface area contributed by atoms with Crippen molar-refractivity contribution in [1.29, 1.82) is 0 Å². The van der Waals surface area contributed by atoms with Crippen LogP contribution in [0, 0.1) is 0 Å². The van der Waals surface area contributed by atoms with E-state index in [1.54, 1.807) is 7.11 Å². The quantitative estimate of drug-likeness (QED) is 0.852. The largest absolute Gasteiger partial charge is 0.497 e. The SMILES string of the molecule is COc1ccc(N2CCN(c3ccc(Br)cn3)CC2)cc1. The molecule has 0 radical (unpaired) electrons. The van der Waals surface area contributed by atoms with Crippen LogP contribution in [0.5, 0.6) is 5.75 Å². The van der Waals surface area contributed by atoms with Gasteiger partial charge in [0.15, 0.2) is 0 Å². The summed E-state index contributed by atoms with van der Waals surface area (Å²) in [4.78, 5) is 9.19. The summed E-state index contributed by atoms with van der Waals surface area (Å²) in [7, 11) is 1.69. The summed E-state index contributed by atoms with van der Waals surface area (Å²) in [6.07, 6.45) is 1.85. The first-order chi connectivity index (χ1) is 10.3. The average molecular weight is 348 g/mol. The van der Waals surface area contributed by atoms with Crippen molar-refractivity contribution in [3.63, 3.8) is 0 Å². The zero-order chi connectivity index (χ0) is 14.7. The summed E-state index contributed by atoms with van der Waals surface area (Å²) in [5.74, 6) is 1.95. The van der Waals surface area contributed by atoms with Crippen LogP contribution in [0.3, 0.4) is 0 Å². The highest BCUT2D eigenvalue weighted by molar-refractivity contribution is 9.10. The van der Waals surface area contributed by atoms with Crippen LogP contribution in [0.25, 0.3) is 0 Å². The van der Waals surface area contributed by atoms with E-state index in [2.05, 4.69) is 48.9 Å². The molecule has 2 aromatic rings. The van der Waals surface area contributed by atoms with Gasteiger partial charge in [-0.2, -0.15) is 0 Å². The third-order valence-electron chi connectivity index (χ3n) is 3.75. The normalized spacial score (nSPS) is 15.1. The zero-order valence-electron chi connectivity index (χ0n) is 12.0. The first-order valence-electron chi connectivity index (χ1n) is 7.02. The van der Waals surface area contributed by atoms with E-state index in [4.69, 9.17) is 4.74 Å². The van der Waals surface area contributed by atoms with Crippen molar-refractivity contribution in [2.45, 2.75) is 0 Å². The number of anilines is 2. The molecule has 3 rings (SSSR count). The Morgan fingerprint density at radius 2 is 1.62 bits per heavy atom. The molecule has 0 aliphatic carbocycles. The number of halogens is 1. The standard InChI is InChI=1S/C16H18BrN3O/c1-21-15-5-3-14(4-6-15)19-8-10-20(11-9-19)16-7-2-13(17)12-18-16/h2-7,12H,8-11H2,1H3. The maximum atomic E-state index is 5.20. The van der Waals surface area contributed by atoms with E-state index >= 15 is 0 Å². The minimum Gasteiger partial charge on any atom is -0.497 e. The third-order valence-corrected chi connectivity index (χ3v) is 4.22. The first kappa shape index (κ1) is 14.2. The van der Waals surface area contributed by atoms with Crippen molar-refractivity contribution in [2.24, 2.45) is 0 Å². The minimum absolute atomic E-state index is 0.899. The van der Waals surface area contributed by atoms with E-state index in [0.29, 0.717) is 0 Å². The number of pyridine rings is 1. The van der Waals surface area contributed by atoms with E-state index in [0.717, 1.165) is 42.2 Å². The average Bonchev–Trinajstić information content (AvgIpc) is 2.56. The molecule has 0 amide bonds. The molecule has 5 heteroatoms. The van der Waals surface area contributed by atoms with E-state index in [-0.39, 0.29) is 0 Å². The highest BCUT2D eigenvalue weighted by Gasteiger charge is 2.18. The van der Waals surface area contributed by atoms with Crippen LogP contribution in [-0.4, -0.2) is 38.3 Å². The van der Waals surface area contributed by atoms with Crippen molar-refractivity contribution in [3.8, 4) is 5.75 Å². The lowest BCUT2D eigenvalue weighted by molar-refractivity contribution is 0.415. The molecule has 110 valence electrons. The van der Waals surface area contributed by atoms with Gasteiger partial charge in [-0.3, -0.25) is 0 Å². The number of hydrogen-bond acceptors (Lipinski definition) is 4. The van der Waals surface area contributed by atoms with Crippen molar-refractivity contribution >= 4 is 27.4 Å². The van der Waals surface area contributed by atoms with Crippen LogP contribution in [0.1, 0.15) is 0 Å². The van der Waals surface area contributed by atoms with Crippen LogP contribution in [0.4, 0.5) is 11.5 Å². The van der Waals surface area contributed by atoms with Gasteiger partial charge < -0.3 is 14.5 Å². The number of methoxy groups -OCH3 is 1. The molecule has 0 atom stereocenters. The lowest BCUT2D eigenvalue weighted by atomic mass is 10.2. The van der Waals surface area contributed by atoms with Gasteiger partial charge in [0.1, 0.15) is 11.6 Å². The molecule has 21 heavy (non-hydrogen) atoms. The highest BCUT2D eigenvalue weighted by atomic mass is 79.9. The van der Waals surface area contributed by atoms with Crippen LogP contribution >= 0.6 is 15.9 Å². The maximum absolute atomic E-state index is 5.20. The monoisotopic (exact) mass is 347 g/mol. The van der Waals surface area contributed by atoms with E-state index in [1.165, 1.54) is 5.69 Å². The summed E-state index contributed by atoms with van der Waals surface area (Å²) in [6.45, 7) is 3.98. The fourth-order valence-electron chi connectivity index (χ4n) is 2.54. The number of hydrogen-bond donors (Lipinski definition) is 0. The Bertz CT molecular complexity index is 577. The Morgan fingerprint density at radius 3 is 2.19 bits per heavy atom. The van der Waals surface area contributed by atoms with Gasteiger partial charge in [0.25, 0.3) is 0 Å². The van der Waals surface area contributed by atoms with Crippen molar-refractivity contribution < 1.29 is 4.74 Å². The van der Waals surface area contributed by atoms with Gasteiger partial charge in [0, 0.05) is 42.5 Å². The summed E-state index contributed by atoms with van der Waals surface area (Å²) < 4.78 is 6.22. The van der Waals surface area contributed by atoms with E-state index < -0.39 is 0 Å². The lowest BCUT2D eigenvalue weighted by Gasteiger charge is -2.36. The van der Waals surface area contributed by atoms with E-state index in [1.807, 2.05) is 24.4 Å². The maximum Gasteiger partial charge on any atom is 0.128 e. The van der Waals surface area contributed by atoms with Gasteiger partial charge in [0.05, 0.1) is 7.11 Å². The van der Waals surface area contributed by atoms with Gasteiger partial charge in [-0.25, -0.2) is 4.98 Å². The number of piperazine rings is 1. The second-order valence-electron chi connectivity index (χ2n) is 5.01. The van der Waals surface area contributed by atoms with Crippen LogP contribution in [0.15, 0.2) is 47.1 Å². The molecule has 1 saturated heterocycles. The summed E-state index contributed by atoms with van der Waals surface area (Å²) >= 11 is 3.42. The molecule has 0 N–H and O–H groups in total. The molecule has 1 aromatic heterocycles. The third kappa shape index (κ3) is 3.29. The Hall–Kier alpha value is -1.75. The minimum atomic E-state index is 0.899. The summed E-state index contributed by atoms with van der Waals surface area (Å²) in [5.41, 5.74) is 1.25. The molecular formula is C16H18BrN3O. The Kier molecular flexibility index (Phi) is 4.29. The summed E-state index contributed by atoms with van der Waals surface area (Å²) in [6, 6.07) is 12.4. The fraction of sp³-hybridized carbons (Fsp3) is 0.312. The molecule has 4 nitrogen and oxygen atoms in total.